The predicted molar refractivity (Wildman–Crippen MR) is 98.6 cm³/mol. The van der Waals surface area contributed by atoms with Crippen molar-refractivity contribution in [3.63, 3.8) is 0 Å². The summed E-state index contributed by atoms with van der Waals surface area (Å²) in [4.78, 5) is 24.3. The molecule has 2 heterocycles. The second-order valence-corrected chi connectivity index (χ2v) is 5.84. The molecule has 1 aromatic carbocycles. The standard InChI is InChI=1S/C19H21N5O2/c1-3-4-5-18(25)23-15-6-8-16(9-7-15)26-19-12-17(21-13-22-19)24-11-10-20-14(24)2/h6-13H,3-5H2,1-2H3,(H,23,25). The van der Waals surface area contributed by atoms with Gasteiger partial charge in [0.2, 0.25) is 11.8 Å². The van der Waals surface area contributed by atoms with Gasteiger partial charge in [-0.1, -0.05) is 13.3 Å². The number of unbranched alkanes of at least 4 members (excludes halogenated alkanes) is 1. The second-order valence-electron chi connectivity index (χ2n) is 5.84. The van der Waals surface area contributed by atoms with Gasteiger partial charge in [-0.25, -0.2) is 15.0 Å². The lowest BCUT2D eigenvalue weighted by Crippen LogP contribution is -2.10. The van der Waals surface area contributed by atoms with Crippen molar-refractivity contribution in [1.82, 2.24) is 19.5 Å². The number of anilines is 1. The highest BCUT2D eigenvalue weighted by Gasteiger charge is 2.06. The van der Waals surface area contributed by atoms with Gasteiger partial charge in [0.1, 0.15) is 23.7 Å². The topological polar surface area (TPSA) is 81.9 Å². The maximum absolute atomic E-state index is 11.8. The number of carbonyl (C=O) groups excluding carboxylic acids is 1. The van der Waals surface area contributed by atoms with E-state index in [2.05, 4.69) is 27.2 Å². The number of amides is 1. The van der Waals surface area contributed by atoms with Gasteiger partial charge in [0.05, 0.1) is 0 Å². The summed E-state index contributed by atoms with van der Waals surface area (Å²) < 4.78 is 7.63. The second kappa shape index (κ2) is 8.24. The van der Waals surface area contributed by atoms with Crippen LogP contribution in [0.3, 0.4) is 0 Å². The zero-order valence-electron chi connectivity index (χ0n) is 14.8. The fourth-order valence-corrected chi connectivity index (χ4v) is 2.43. The third-order valence-electron chi connectivity index (χ3n) is 3.82. The van der Waals surface area contributed by atoms with Crippen molar-refractivity contribution in [2.45, 2.75) is 33.1 Å². The van der Waals surface area contributed by atoms with Crippen LogP contribution in [-0.2, 0) is 4.79 Å². The first kappa shape index (κ1) is 17.6. The number of aryl methyl sites for hydroxylation is 1. The maximum atomic E-state index is 11.8. The fraction of sp³-hybridized carbons (Fsp3) is 0.263. The van der Waals surface area contributed by atoms with Crippen LogP contribution in [0, 0.1) is 6.92 Å². The van der Waals surface area contributed by atoms with Crippen LogP contribution in [0.1, 0.15) is 32.0 Å². The van der Waals surface area contributed by atoms with Crippen LogP contribution < -0.4 is 10.1 Å². The third-order valence-corrected chi connectivity index (χ3v) is 3.82. The summed E-state index contributed by atoms with van der Waals surface area (Å²) in [5.41, 5.74) is 0.746. The highest BCUT2D eigenvalue weighted by Crippen LogP contribution is 2.22. The Balaban J connectivity index is 1.66. The highest BCUT2D eigenvalue weighted by atomic mass is 16.5. The lowest BCUT2D eigenvalue weighted by Gasteiger charge is -2.09. The molecule has 0 bridgehead atoms. The van der Waals surface area contributed by atoms with Gasteiger partial charge < -0.3 is 10.1 Å². The smallest absolute Gasteiger partial charge is 0.224 e. The monoisotopic (exact) mass is 351 g/mol. The maximum Gasteiger partial charge on any atom is 0.224 e. The number of ether oxygens (including phenoxy) is 1. The van der Waals surface area contributed by atoms with Gasteiger partial charge in [-0.2, -0.15) is 0 Å². The summed E-state index contributed by atoms with van der Waals surface area (Å²) in [5, 5.41) is 2.87. The summed E-state index contributed by atoms with van der Waals surface area (Å²) >= 11 is 0. The summed E-state index contributed by atoms with van der Waals surface area (Å²) in [7, 11) is 0. The summed E-state index contributed by atoms with van der Waals surface area (Å²) in [5.74, 6) is 2.60. The summed E-state index contributed by atoms with van der Waals surface area (Å²) in [6, 6.07) is 8.94. The van der Waals surface area contributed by atoms with E-state index < -0.39 is 0 Å². The quantitative estimate of drug-likeness (QED) is 0.698. The Morgan fingerprint density at radius 2 is 2.00 bits per heavy atom. The molecule has 7 heteroatoms. The van der Waals surface area contributed by atoms with Crippen molar-refractivity contribution >= 4 is 11.6 Å². The summed E-state index contributed by atoms with van der Waals surface area (Å²) in [6.07, 6.45) is 7.42. The molecule has 0 saturated carbocycles. The van der Waals surface area contributed by atoms with E-state index in [0.717, 1.165) is 24.4 Å². The molecular weight excluding hydrogens is 330 g/mol. The zero-order chi connectivity index (χ0) is 18.4. The van der Waals surface area contributed by atoms with Gasteiger partial charge in [-0.3, -0.25) is 9.36 Å². The van der Waals surface area contributed by atoms with Gasteiger partial charge in [0.15, 0.2) is 0 Å². The van der Waals surface area contributed by atoms with Crippen molar-refractivity contribution in [2.24, 2.45) is 0 Å². The molecule has 134 valence electrons. The zero-order valence-corrected chi connectivity index (χ0v) is 14.8. The summed E-state index contributed by atoms with van der Waals surface area (Å²) in [6.45, 7) is 3.96. The molecule has 2 aromatic heterocycles. The molecule has 0 spiro atoms. The first-order chi connectivity index (χ1) is 12.7. The van der Waals surface area contributed by atoms with Crippen molar-refractivity contribution in [3.05, 3.63) is 54.9 Å². The van der Waals surface area contributed by atoms with Crippen LogP contribution in [0.15, 0.2) is 49.1 Å². The Morgan fingerprint density at radius 3 is 2.69 bits per heavy atom. The van der Waals surface area contributed by atoms with Crippen LogP contribution >= 0.6 is 0 Å². The molecular formula is C19H21N5O2. The van der Waals surface area contributed by atoms with E-state index in [1.54, 1.807) is 36.5 Å². The first-order valence-electron chi connectivity index (χ1n) is 8.56. The molecule has 26 heavy (non-hydrogen) atoms. The molecule has 0 fully saturated rings. The van der Waals surface area contributed by atoms with Gasteiger partial charge in [0, 0.05) is 30.6 Å². The van der Waals surface area contributed by atoms with Crippen molar-refractivity contribution in [3.8, 4) is 17.4 Å². The first-order valence-corrected chi connectivity index (χ1v) is 8.56. The fourth-order valence-electron chi connectivity index (χ4n) is 2.43. The van der Waals surface area contributed by atoms with Crippen molar-refractivity contribution in [2.75, 3.05) is 5.32 Å². The van der Waals surface area contributed by atoms with Gasteiger partial charge in [-0.05, 0) is 37.6 Å². The minimum Gasteiger partial charge on any atom is -0.439 e. The third kappa shape index (κ3) is 4.44. The Kier molecular flexibility index (Phi) is 5.58. The minimum absolute atomic E-state index is 0.0247. The average molecular weight is 351 g/mol. The number of hydrogen-bond acceptors (Lipinski definition) is 5. The lowest BCUT2D eigenvalue weighted by molar-refractivity contribution is -0.116. The SMILES string of the molecule is CCCCC(=O)Nc1ccc(Oc2cc(-n3ccnc3C)ncn2)cc1. The van der Waals surface area contributed by atoms with Crippen molar-refractivity contribution in [1.29, 1.82) is 0 Å². The Hall–Kier alpha value is -3.22. The molecule has 0 unspecified atom stereocenters. The average Bonchev–Trinajstić information content (AvgIpc) is 3.08. The highest BCUT2D eigenvalue weighted by molar-refractivity contribution is 5.90. The molecule has 0 aliphatic carbocycles. The largest absolute Gasteiger partial charge is 0.439 e. The number of benzene rings is 1. The number of rotatable bonds is 7. The molecule has 0 saturated heterocycles. The molecule has 0 atom stereocenters. The van der Waals surface area contributed by atoms with E-state index in [-0.39, 0.29) is 5.91 Å². The number of nitrogens with zero attached hydrogens (tertiary/aromatic N) is 4. The molecule has 7 nitrogen and oxygen atoms in total. The number of carbonyl (C=O) groups is 1. The van der Waals surface area contributed by atoms with E-state index in [0.29, 0.717) is 23.9 Å². The van der Waals surface area contributed by atoms with Crippen LogP contribution in [-0.4, -0.2) is 25.4 Å². The molecule has 1 amide bonds. The normalized spacial score (nSPS) is 10.5. The molecule has 3 rings (SSSR count). The van der Waals surface area contributed by atoms with E-state index >= 15 is 0 Å². The van der Waals surface area contributed by atoms with Crippen LogP contribution in [0.2, 0.25) is 0 Å². The van der Waals surface area contributed by atoms with Gasteiger partial charge in [-0.15, -0.1) is 0 Å². The van der Waals surface area contributed by atoms with Gasteiger partial charge in [0.25, 0.3) is 0 Å². The van der Waals surface area contributed by atoms with Crippen LogP contribution in [0.25, 0.3) is 5.82 Å². The number of nitrogens with one attached hydrogen (secondary N) is 1. The Labute approximate surface area is 152 Å². The minimum atomic E-state index is 0.0247. The predicted octanol–water partition coefficient (Wildman–Crippen LogP) is 3.89. The lowest BCUT2D eigenvalue weighted by atomic mass is 10.2. The number of hydrogen-bond donors (Lipinski definition) is 1. The molecule has 0 radical (unpaired) electrons. The molecule has 0 aliphatic heterocycles. The number of aromatic nitrogens is 4. The molecule has 1 N–H and O–H groups in total. The van der Waals surface area contributed by atoms with E-state index in [1.165, 1.54) is 6.33 Å². The van der Waals surface area contributed by atoms with Crippen LogP contribution in [0.4, 0.5) is 5.69 Å². The van der Waals surface area contributed by atoms with Crippen LogP contribution in [0.5, 0.6) is 11.6 Å². The van der Waals surface area contributed by atoms with Crippen molar-refractivity contribution < 1.29 is 9.53 Å². The Bertz CT molecular complexity index is 874. The van der Waals surface area contributed by atoms with E-state index in [9.17, 15) is 4.79 Å². The van der Waals surface area contributed by atoms with E-state index in [1.807, 2.05) is 17.7 Å². The van der Waals surface area contributed by atoms with Gasteiger partial charge >= 0.3 is 0 Å². The van der Waals surface area contributed by atoms with E-state index in [4.69, 9.17) is 4.74 Å². The molecule has 0 aliphatic rings. The Morgan fingerprint density at radius 1 is 1.19 bits per heavy atom. The number of imidazole rings is 1. The molecule has 3 aromatic rings.